The first-order valence-corrected chi connectivity index (χ1v) is 41.2. The maximum Gasteiger partial charge on any atom is 0.290 e. The predicted octanol–water partition coefficient (Wildman–Crippen LogP) is 8.24. The second-order valence-electron chi connectivity index (χ2n) is 31.7. The van der Waals surface area contributed by atoms with Crippen molar-refractivity contribution in [3.05, 3.63) is 157 Å². The molecule has 1 atom stereocenters. The van der Waals surface area contributed by atoms with E-state index < -0.39 is 47.3 Å². The molecule has 6 fully saturated rings. The summed E-state index contributed by atoms with van der Waals surface area (Å²) in [6.45, 7) is 10.0. The number of halogens is 3. The van der Waals surface area contributed by atoms with Crippen LogP contribution in [0.5, 0.6) is 0 Å². The van der Waals surface area contributed by atoms with Gasteiger partial charge in [-0.1, -0.05) is 40.0 Å². The van der Waals surface area contributed by atoms with Gasteiger partial charge in [0.15, 0.2) is 5.75 Å². The first kappa shape index (κ1) is 72.6. The molecule has 3 N–H and O–H groups in total. The Labute approximate surface area is 632 Å². The third kappa shape index (κ3) is 13.7. The fourth-order valence-corrected chi connectivity index (χ4v) is 21.9. The van der Waals surface area contributed by atoms with Crippen LogP contribution in [0.3, 0.4) is 0 Å². The van der Waals surface area contributed by atoms with Gasteiger partial charge in [-0.2, -0.15) is 20.6 Å². The number of carbonyl (C=O) groups is 4. The third-order valence-corrected chi connectivity index (χ3v) is 28.4. The Morgan fingerprint density at radius 1 is 0.585 bits per heavy atom. The summed E-state index contributed by atoms with van der Waals surface area (Å²) >= 11 is 20.1. The molecule has 16 rings (SSSR count). The summed E-state index contributed by atoms with van der Waals surface area (Å²) in [6, 6.07) is 16.0. The second kappa shape index (κ2) is 28.1. The molecule has 3 aromatic carbocycles. The van der Waals surface area contributed by atoms with Gasteiger partial charge in [-0.25, -0.2) is 26.3 Å². The van der Waals surface area contributed by atoms with E-state index >= 15 is 0 Å². The van der Waals surface area contributed by atoms with E-state index in [1.54, 1.807) is 46.9 Å². The zero-order valence-corrected chi connectivity index (χ0v) is 63.8. The van der Waals surface area contributed by atoms with Crippen LogP contribution in [0.2, 0.25) is 15.1 Å². The van der Waals surface area contributed by atoms with Crippen LogP contribution < -0.4 is 29.5 Å². The molecule has 3 saturated heterocycles. The zero-order valence-electron chi connectivity index (χ0n) is 59.9. The average molecular weight is 1540 g/mol. The molecule has 0 bridgehead atoms. The summed E-state index contributed by atoms with van der Waals surface area (Å²) in [5, 5.41) is 30.8. The molecule has 560 valence electrons. The molecule has 9 aliphatic rings. The summed E-state index contributed by atoms with van der Waals surface area (Å²) in [6.07, 6.45) is 20.2. The number of nitriles is 1. The Hall–Kier alpha value is -7.56. The maximum atomic E-state index is 14.5. The van der Waals surface area contributed by atoms with E-state index in [9.17, 15) is 36.0 Å². The molecule has 3 spiro atoms. The number of anilines is 3. The predicted molar refractivity (Wildman–Crippen MR) is 399 cm³/mol. The van der Waals surface area contributed by atoms with Gasteiger partial charge in [-0.15, -0.1) is 0 Å². The number of piperidine rings is 3. The highest BCUT2D eigenvalue weighted by Gasteiger charge is 2.55. The van der Waals surface area contributed by atoms with E-state index in [0.29, 0.717) is 155 Å². The molecule has 106 heavy (non-hydrogen) atoms. The fraction of sp³-hybridized carbons (Fsp3) is 0.533. The molecule has 6 aliphatic heterocycles. The Morgan fingerprint density at radius 3 is 1.54 bits per heavy atom. The van der Waals surface area contributed by atoms with E-state index in [4.69, 9.17) is 49.7 Å². The lowest BCUT2D eigenvalue weighted by Gasteiger charge is -2.38. The van der Waals surface area contributed by atoms with Crippen LogP contribution in [-0.4, -0.2) is 174 Å². The smallest absolute Gasteiger partial charge is 0.290 e. The highest BCUT2D eigenvalue weighted by Crippen LogP contribution is 2.54. The molecule has 1 unspecified atom stereocenters. The van der Waals surface area contributed by atoms with Gasteiger partial charge in [0, 0.05) is 147 Å². The molecule has 31 heteroatoms. The number of rotatable bonds is 23. The molecule has 3 aliphatic carbocycles. The standard InChI is InChI=1S/C75H88Cl3N17O9S2/c1-46(106(102,103)86-60-25-49(26-60)42-95-45-50(35-82-95)37-90-14-7-73(8-15-90)62-30-54(76)5-6-65(62)87(2)70(73)97)61-29-56(78)32-64-68(61)89(4)72(99)75(64)11-18-92(19-12-75)39-51-34-80-93(43-51)40-47-21-57(22-47)83-69(96)66-33-58(84-104-66)28-53-27-55(77)31-63-67(53)88(3)71(98)74(63)9-16-91(17-10-74)38-52-36-81-94(44-52)41-48-23-59(24-48)85-105(100,101)20-13-79/h5-6,27,29-36,43-49,57,59-60,85-86H,7-12,14-26,28,37-42H2,1-4H3,(H,83,96). The molecule has 0 radical (unpaired) electrons. The molecule has 4 amide bonds. The van der Waals surface area contributed by atoms with Crippen molar-refractivity contribution >= 4 is 95.5 Å². The molecule has 10 heterocycles. The van der Waals surface area contributed by atoms with Crippen molar-refractivity contribution in [1.82, 2.24) is 64.0 Å². The van der Waals surface area contributed by atoms with E-state index in [0.717, 1.165) is 95.6 Å². The minimum absolute atomic E-state index is 0.0329. The average Bonchev–Trinajstić information content (AvgIpc) is 1.56. The number of nitrogens with one attached hydrogen (secondary N) is 3. The fourth-order valence-electron chi connectivity index (χ4n) is 18.9. The van der Waals surface area contributed by atoms with Crippen LogP contribution in [0, 0.1) is 29.1 Å². The maximum absolute atomic E-state index is 14.5. The van der Waals surface area contributed by atoms with E-state index in [-0.39, 0.29) is 59.4 Å². The van der Waals surface area contributed by atoms with Crippen LogP contribution in [0.15, 0.2) is 90.2 Å². The second-order valence-corrected chi connectivity index (χ2v) is 36.8. The molecular formula is C75H88Cl3N17O9S2. The largest absolute Gasteiger partial charge is 0.351 e. The Bertz CT molecular complexity index is 4890. The van der Waals surface area contributed by atoms with Gasteiger partial charge in [-0.05, 0) is 211 Å². The lowest BCUT2D eigenvalue weighted by molar-refractivity contribution is -0.125. The van der Waals surface area contributed by atoms with Crippen molar-refractivity contribution in [2.24, 2.45) is 17.8 Å². The topological polar surface area (TPSA) is 295 Å². The SMILES string of the molecule is CC(c1cc(Cl)cc2c1N(C)C(=O)C21CCN(Cc2cnn(CC3CC(NC(=O)c4cc(Cc5cc(Cl)cc6c5N(C)C(=O)C65CCN(Cc6cnn(CC7CC(NS(=O)(=O)CC#N)C7)c6)CC5)no4)C3)c2)CC1)S(=O)(=O)NC1CC(Cn2cc(CN3CCC4(CC3)C(=O)N(C)c3ccc(Cl)cc34)cn2)C1. The number of aromatic nitrogens is 7. The number of likely N-dealkylation sites (N-methyl/N-ethyl adjacent to an activating group) is 3. The highest BCUT2D eigenvalue weighted by atomic mass is 35.5. The summed E-state index contributed by atoms with van der Waals surface area (Å²) < 4.78 is 69.6. The van der Waals surface area contributed by atoms with Crippen LogP contribution >= 0.6 is 34.8 Å². The number of likely N-dealkylation sites (tertiary alicyclic amines) is 3. The number of amides is 4. The van der Waals surface area contributed by atoms with Crippen molar-refractivity contribution in [2.45, 2.75) is 169 Å². The number of nitrogens with zero attached hydrogens (tertiary/aromatic N) is 14. The van der Waals surface area contributed by atoms with Gasteiger partial charge in [0.05, 0.1) is 63.2 Å². The number of benzene rings is 3. The van der Waals surface area contributed by atoms with E-state index in [1.165, 1.54) is 0 Å². The van der Waals surface area contributed by atoms with E-state index in [1.807, 2.05) is 89.3 Å². The lowest BCUT2D eigenvalue weighted by Crippen LogP contribution is -2.47. The minimum atomic E-state index is -3.89. The van der Waals surface area contributed by atoms with Gasteiger partial charge in [0.25, 0.3) is 5.91 Å². The molecule has 26 nitrogen and oxygen atoms in total. The summed E-state index contributed by atoms with van der Waals surface area (Å²) in [7, 11) is -2.08. The number of fused-ring (bicyclic) bond motifs is 6. The van der Waals surface area contributed by atoms with Gasteiger partial charge in [-0.3, -0.25) is 47.9 Å². The lowest BCUT2D eigenvalue weighted by atomic mass is 9.73. The number of sulfonamides is 2. The molecular weight excluding hydrogens is 1450 g/mol. The van der Waals surface area contributed by atoms with Gasteiger partial charge in [0.2, 0.25) is 43.5 Å². The van der Waals surface area contributed by atoms with Gasteiger partial charge < -0.3 is 24.5 Å². The monoisotopic (exact) mass is 1540 g/mol. The summed E-state index contributed by atoms with van der Waals surface area (Å²) in [4.78, 5) is 68.2. The zero-order chi connectivity index (χ0) is 73.9. The number of carbonyl (C=O) groups excluding carboxylic acids is 4. The van der Waals surface area contributed by atoms with Crippen LogP contribution in [0.4, 0.5) is 17.1 Å². The first-order chi connectivity index (χ1) is 50.7. The third-order valence-electron chi connectivity index (χ3n) is 24.7. The van der Waals surface area contributed by atoms with Crippen molar-refractivity contribution in [2.75, 3.05) is 80.9 Å². The van der Waals surface area contributed by atoms with Crippen LogP contribution in [0.25, 0.3) is 0 Å². The molecule has 7 aromatic rings. The first-order valence-electron chi connectivity index (χ1n) is 36.9. The quantitative estimate of drug-likeness (QED) is 0.0543. The van der Waals surface area contributed by atoms with Crippen LogP contribution in [-0.2, 0) is 96.4 Å². The Morgan fingerprint density at radius 2 is 1.03 bits per heavy atom. The molecule has 3 saturated carbocycles. The van der Waals surface area contributed by atoms with Crippen LogP contribution in [0.1, 0.15) is 150 Å². The van der Waals surface area contributed by atoms with Crippen molar-refractivity contribution in [3.63, 3.8) is 0 Å². The Kier molecular flexibility index (Phi) is 19.3. The number of hydrogen-bond acceptors (Lipinski definition) is 17. The van der Waals surface area contributed by atoms with Crippen molar-refractivity contribution < 1.29 is 40.5 Å². The van der Waals surface area contributed by atoms with Gasteiger partial charge >= 0.3 is 0 Å². The minimum Gasteiger partial charge on any atom is -0.351 e. The van der Waals surface area contributed by atoms with E-state index in [2.05, 4.69) is 57.2 Å². The normalized spacial score (nSPS) is 24.3. The van der Waals surface area contributed by atoms with Crippen molar-refractivity contribution in [1.29, 1.82) is 5.26 Å². The highest BCUT2D eigenvalue weighted by molar-refractivity contribution is 7.90. The summed E-state index contributed by atoms with van der Waals surface area (Å²) in [5.74, 6) is 0.184. The summed E-state index contributed by atoms with van der Waals surface area (Å²) in [5.41, 5.74) is 8.08. The van der Waals surface area contributed by atoms with Crippen molar-refractivity contribution in [3.8, 4) is 6.07 Å². The Balaban J connectivity index is 0.464. The molecule has 4 aromatic heterocycles. The van der Waals surface area contributed by atoms with Gasteiger partial charge in [0.1, 0.15) is 0 Å². The number of hydrogen-bond donors (Lipinski definition) is 3.